The lowest BCUT2D eigenvalue weighted by molar-refractivity contribution is -0.0440. The van der Waals surface area contributed by atoms with Gasteiger partial charge in [-0.15, -0.1) is 0 Å². The van der Waals surface area contributed by atoms with E-state index in [9.17, 15) is 8.42 Å². The van der Waals surface area contributed by atoms with Crippen LogP contribution in [-0.4, -0.2) is 49.7 Å². The molecule has 5 nitrogen and oxygen atoms in total. The number of sulfonamides is 1. The van der Waals surface area contributed by atoms with Crippen LogP contribution in [0.4, 0.5) is 0 Å². The van der Waals surface area contributed by atoms with Crippen molar-refractivity contribution in [1.82, 2.24) is 4.31 Å². The first-order valence-corrected chi connectivity index (χ1v) is 8.23. The minimum absolute atomic E-state index is 0.113. The van der Waals surface area contributed by atoms with Crippen LogP contribution in [0.25, 0.3) is 0 Å². The van der Waals surface area contributed by atoms with Crippen molar-refractivity contribution in [2.45, 2.75) is 31.0 Å². The third-order valence-corrected chi connectivity index (χ3v) is 5.04. The van der Waals surface area contributed by atoms with E-state index in [1.807, 2.05) is 13.8 Å². The first-order valence-electron chi connectivity index (χ1n) is 6.79. The molecule has 1 fully saturated rings. The maximum Gasteiger partial charge on any atom is 0.243 e. The van der Waals surface area contributed by atoms with Crippen molar-refractivity contribution >= 4 is 10.0 Å². The van der Waals surface area contributed by atoms with Crippen molar-refractivity contribution in [2.24, 2.45) is 0 Å². The Morgan fingerprint density at radius 3 is 2.33 bits per heavy atom. The Kier molecular flexibility index (Phi) is 5.01. The minimum atomic E-state index is -3.51. The van der Waals surface area contributed by atoms with E-state index in [-0.39, 0.29) is 23.7 Å². The summed E-state index contributed by atoms with van der Waals surface area (Å²) in [7, 11) is -3.51. The van der Waals surface area contributed by atoms with Gasteiger partial charge in [0.1, 0.15) is 6.61 Å². The lowest BCUT2D eigenvalue weighted by atomic mass is 10.2. The monoisotopic (exact) mass is 309 g/mol. The van der Waals surface area contributed by atoms with Gasteiger partial charge < -0.3 is 9.84 Å². The number of aliphatic hydroxyl groups excluding tert-OH is 1. The number of benzene rings is 1. The molecule has 1 saturated heterocycles. The Morgan fingerprint density at radius 1 is 1.24 bits per heavy atom. The summed E-state index contributed by atoms with van der Waals surface area (Å²) in [4.78, 5) is 0.248. The normalized spacial score (nSPS) is 23.4. The average Bonchev–Trinajstić information content (AvgIpc) is 2.44. The topological polar surface area (TPSA) is 66.8 Å². The Labute approximate surface area is 125 Å². The smallest absolute Gasteiger partial charge is 0.243 e. The molecule has 1 N–H and O–H groups in total. The number of hydrogen-bond donors (Lipinski definition) is 1. The second kappa shape index (κ2) is 6.58. The maximum absolute atomic E-state index is 12.6. The average molecular weight is 309 g/mol. The SMILES string of the molecule is C[C@@H]1CN(S(=O)(=O)c2ccc(C#CCO)cc2)C[C@H](C)O1. The molecule has 0 aromatic heterocycles. The summed E-state index contributed by atoms with van der Waals surface area (Å²) in [6.07, 6.45) is -0.226. The van der Waals surface area contributed by atoms with Crippen LogP contribution in [0.2, 0.25) is 0 Å². The fourth-order valence-corrected chi connectivity index (χ4v) is 3.92. The van der Waals surface area contributed by atoms with Crippen LogP contribution in [0, 0.1) is 11.8 Å². The van der Waals surface area contributed by atoms with Crippen molar-refractivity contribution in [1.29, 1.82) is 0 Å². The van der Waals surface area contributed by atoms with E-state index in [1.54, 1.807) is 24.3 Å². The second-order valence-corrected chi connectivity index (χ2v) is 7.00. The van der Waals surface area contributed by atoms with Gasteiger partial charge in [-0.2, -0.15) is 4.31 Å². The van der Waals surface area contributed by atoms with Crippen LogP contribution >= 0.6 is 0 Å². The fraction of sp³-hybridized carbons (Fsp3) is 0.467. The van der Waals surface area contributed by atoms with Gasteiger partial charge in [0.2, 0.25) is 10.0 Å². The van der Waals surface area contributed by atoms with Gasteiger partial charge in [0.25, 0.3) is 0 Å². The fourth-order valence-electron chi connectivity index (χ4n) is 2.33. The van der Waals surface area contributed by atoms with Crippen molar-refractivity contribution in [3.05, 3.63) is 29.8 Å². The highest BCUT2D eigenvalue weighted by Gasteiger charge is 2.31. The number of aliphatic hydroxyl groups is 1. The van der Waals surface area contributed by atoms with Gasteiger partial charge >= 0.3 is 0 Å². The quantitative estimate of drug-likeness (QED) is 0.822. The lowest BCUT2D eigenvalue weighted by Gasteiger charge is -2.34. The number of hydrogen-bond acceptors (Lipinski definition) is 4. The van der Waals surface area contributed by atoms with E-state index >= 15 is 0 Å². The molecule has 114 valence electrons. The molecule has 1 heterocycles. The van der Waals surface area contributed by atoms with Crippen LogP contribution in [-0.2, 0) is 14.8 Å². The van der Waals surface area contributed by atoms with Gasteiger partial charge in [-0.05, 0) is 38.1 Å². The highest BCUT2D eigenvalue weighted by atomic mass is 32.2. The second-order valence-electron chi connectivity index (χ2n) is 5.06. The molecule has 1 aliphatic rings. The van der Waals surface area contributed by atoms with Crippen LogP contribution in [0.15, 0.2) is 29.2 Å². The molecular formula is C15H19NO4S. The third-order valence-electron chi connectivity index (χ3n) is 3.19. The van der Waals surface area contributed by atoms with Gasteiger partial charge in [-0.1, -0.05) is 11.8 Å². The molecule has 0 spiro atoms. The van der Waals surface area contributed by atoms with Crippen LogP contribution in [0.3, 0.4) is 0 Å². The standard InChI is InChI=1S/C15H19NO4S/c1-12-10-16(11-13(2)20-12)21(18,19)15-7-5-14(6-8-15)4-3-9-17/h5-8,12-13,17H,9-11H2,1-2H3/t12-,13+. The molecule has 2 rings (SSSR count). The number of nitrogens with zero attached hydrogens (tertiary/aromatic N) is 1. The van der Waals surface area contributed by atoms with Gasteiger partial charge in [0, 0.05) is 18.7 Å². The number of ether oxygens (including phenoxy) is 1. The maximum atomic E-state index is 12.6. The zero-order valence-corrected chi connectivity index (χ0v) is 12.9. The molecule has 0 radical (unpaired) electrons. The van der Waals surface area contributed by atoms with E-state index in [1.165, 1.54) is 4.31 Å². The number of rotatable bonds is 2. The molecule has 0 amide bonds. The molecule has 0 saturated carbocycles. The molecular weight excluding hydrogens is 290 g/mol. The van der Waals surface area contributed by atoms with Gasteiger partial charge in [0.15, 0.2) is 0 Å². The Morgan fingerprint density at radius 2 is 1.81 bits per heavy atom. The van der Waals surface area contributed by atoms with E-state index in [0.29, 0.717) is 18.7 Å². The van der Waals surface area contributed by atoms with Crippen molar-refractivity contribution < 1.29 is 18.3 Å². The molecule has 1 aromatic rings. The highest BCUT2D eigenvalue weighted by molar-refractivity contribution is 7.89. The zero-order chi connectivity index (χ0) is 15.5. The Hall–Kier alpha value is -1.39. The summed E-state index contributed by atoms with van der Waals surface area (Å²) in [5.41, 5.74) is 0.673. The van der Waals surface area contributed by atoms with Gasteiger partial charge in [-0.3, -0.25) is 0 Å². The molecule has 0 bridgehead atoms. The summed E-state index contributed by atoms with van der Waals surface area (Å²) in [5, 5.41) is 8.64. The van der Waals surface area contributed by atoms with Crippen molar-refractivity contribution in [3.8, 4) is 11.8 Å². The first-order chi connectivity index (χ1) is 9.93. The van der Waals surface area contributed by atoms with Crippen LogP contribution < -0.4 is 0 Å². The summed E-state index contributed by atoms with van der Waals surface area (Å²) in [6, 6.07) is 6.37. The summed E-state index contributed by atoms with van der Waals surface area (Å²) < 4.78 is 32.2. The molecule has 2 atom stereocenters. The van der Waals surface area contributed by atoms with E-state index < -0.39 is 10.0 Å². The van der Waals surface area contributed by atoms with E-state index in [2.05, 4.69) is 11.8 Å². The molecule has 1 aliphatic heterocycles. The van der Waals surface area contributed by atoms with Crippen molar-refractivity contribution in [3.63, 3.8) is 0 Å². The van der Waals surface area contributed by atoms with Gasteiger partial charge in [-0.25, -0.2) is 8.42 Å². The zero-order valence-electron chi connectivity index (χ0n) is 12.1. The lowest BCUT2D eigenvalue weighted by Crippen LogP contribution is -2.48. The van der Waals surface area contributed by atoms with Gasteiger partial charge in [0.05, 0.1) is 17.1 Å². The molecule has 0 aliphatic carbocycles. The van der Waals surface area contributed by atoms with Crippen LogP contribution in [0.1, 0.15) is 19.4 Å². The predicted molar refractivity (Wildman–Crippen MR) is 79.2 cm³/mol. The first kappa shape index (κ1) is 16.0. The largest absolute Gasteiger partial charge is 0.384 e. The van der Waals surface area contributed by atoms with E-state index in [4.69, 9.17) is 9.84 Å². The number of morpholine rings is 1. The molecule has 1 aromatic carbocycles. The minimum Gasteiger partial charge on any atom is -0.384 e. The molecule has 6 heteroatoms. The Bertz CT molecular complexity index is 632. The predicted octanol–water partition coefficient (Wildman–Crippen LogP) is 0.828. The summed E-state index contributed by atoms with van der Waals surface area (Å²) >= 11 is 0. The summed E-state index contributed by atoms with van der Waals surface area (Å²) in [6.45, 7) is 4.23. The molecule has 0 unspecified atom stereocenters. The molecule has 21 heavy (non-hydrogen) atoms. The Balaban J connectivity index is 2.23. The highest BCUT2D eigenvalue weighted by Crippen LogP contribution is 2.21. The third kappa shape index (κ3) is 3.83. The van der Waals surface area contributed by atoms with E-state index in [0.717, 1.165) is 0 Å². The van der Waals surface area contributed by atoms with Crippen molar-refractivity contribution in [2.75, 3.05) is 19.7 Å². The van der Waals surface area contributed by atoms with Crippen LogP contribution in [0.5, 0.6) is 0 Å². The summed E-state index contributed by atoms with van der Waals surface area (Å²) in [5.74, 6) is 5.27.